The fraction of sp³-hybridized carbons (Fsp3) is 0.179. The number of hydrazone groups is 1. The summed E-state index contributed by atoms with van der Waals surface area (Å²) in [5.74, 6) is 0.487. The number of H-pyrrole nitrogens is 1. The Morgan fingerprint density at radius 2 is 1.71 bits per heavy atom. The van der Waals surface area contributed by atoms with Crippen LogP contribution in [-0.4, -0.2) is 28.7 Å². The lowest BCUT2D eigenvalue weighted by atomic mass is 9.90. The van der Waals surface area contributed by atoms with Crippen molar-refractivity contribution in [3.8, 4) is 16.9 Å². The number of hydrogen-bond donors (Lipinski definition) is 1. The van der Waals surface area contributed by atoms with Gasteiger partial charge in [-0.25, -0.2) is 5.01 Å². The Balaban J connectivity index is 1.73. The number of aromatic amines is 1. The van der Waals surface area contributed by atoms with Crippen molar-refractivity contribution < 1.29 is 9.53 Å². The Bertz CT molecular complexity index is 1490. The van der Waals surface area contributed by atoms with Gasteiger partial charge in [0.2, 0.25) is 5.91 Å². The van der Waals surface area contributed by atoms with E-state index in [0.717, 1.165) is 33.2 Å². The molecule has 1 atom stereocenters. The molecule has 0 fully saturated rings. The minimum atomic E-state index is -0.361. The molecule has 0 radical (unpaired) electrons. The van der Waals surface area contributed by atoms with Crippen LogP contribution in [0.25, 0.3) is 22.0 Å². The topological polar surface area (TPSA) is 74.8 Å². The minimum Gasteiger partial charge on any atom is -0.496 e. The van der Waals surface area contributed by atoms with Crippen LogP contribution in [0.4, 0.5) is 0 Å². The Morgan fingerprint density at radius 3 is 2.44 bits per heavy atom. The molecule has 34 heavy (non-hydrogen) atoms. The molecule has 170 valence electrons. The van der Waals surface area contributed by atoms with Crippen molar-refractivity contribution in [3.63, 3.8) is 0 Å². The molecule has 0 saturated heterocycles. The van der Waals surface area contributed by atoms with Crippen molar-refractivity contribution >= 4 is 22.5 Å². The molecule has 1 aromatic heterocycles. The van der Waals surface area contributed by atoms with Gasteiger partial charge in [0, 0.05) is 35.4 Å². The van der Waals surface area contributed by atoms with Gasteiger partial charge in [-0.2, -0.15) is 5.10 Å². The molecule has 1 amide bonds. The van der Waals surface area contributed by atoms with Crippen LogP contribution in [0.3, 0.4) is 0 Å². The largest absolute Gasteiger partial charge is 0.496 e. The van der Waals surface area contributed by atoms with E-state index in [-0.39, 0.29) is 17.5 Å². The maximum absolute atomic E-state index is 13.5. The number of rotatable bonds is 4. The summed E-state index contributed by atoms with van der Waals surface area (Å²) in [5.41, 5.74) is 5.35. The van der Waals surface area contributed by atoms with Crippen LogP contribution >= 0.6 is 0 Å². The highest BCUT2D eigenvalue weighted by Gasteiger charge is 2.35. The first-order valence-electron chi connectivity index (χ1n) is 11.2. The smallest absolute Gasteiger partial charge is 0.258 e. The second kappa shape index (κ2) is 8.63. The number of fused-ring (bicyclic) bond motifs is 1. The number of nitrogens with one attached hydrogen (secondary N) is 1. The van der Waals surface area contributed by atoms with Gasteiger partial charge in [-0.1, -0.05) is 66.2 Å². The summed E-state index contributed by atoms with van der Waals surface area (Å²) in [6, 6.07) is 23.1. The molecule has 0 spiro atoms. The van der Waals surface area contributed by atoms with E-state index >= 15 is 0 Å². The molecule has 1 N–H and O–H groups in total. The van der Waals surface area contributed by atoms with Crippen molar-refractivity contribution in [1.82, 2.24) is 9.99 Å². The number of pyridine rings is 1. The molecule has 2 heterocycles. The molecule has 1 aliphatic rings. The van der Waals surface area contributed by atoms with E-state index in [4.69, 9.17) is 4.74 Å². The van der Waals surface area contributed by atoms with Crippen LogP contribution in [0.15, 0.2) is 82.7 Å². The molecule has 5 rings (SSSR count). The summed E-state index contributed by atoms with van der Waals surface area (Å²) in [7, 11) is 1.61. The van der Waals surface area contributed by atoms with E-state index in [1.54, 1.807) is 7.11 Å². The summed E-state index contributed by atoms with van der Waals surface area (Å²) < 4.78 is 5.56. The monoisotopic (exact) mass is 451 g/mol. The lowest BCUT2D eigenvalue weighted by Crippen LogP contribution is -2.24. The molecule has 0 saturated carbocycles. The molecule has 3 aromatic carbocycles. The number of nitrogens with zero attached hydrogens (tertiary/aromatic N) is 2. The van der Waals surface area contributed by atoms with Crippen LogP contribution in [0.1, 0.15) is 36.1 Å². The van der Waals surface area contributed by atoms with E-state index in [1.165, 1.54) is 11.9 Å². The minimum absolute atomic E-state index is 0.194. The van der Waals surface area contributed by atoms with Gasteiger partial charge in [-0.3, -0.25) is 9.59 Å². The van der Waals surface area contributed by atoms with Gasteiger partial charge in [0.05, 0.1) is 24.4 Å². The first-order valence-corrected chi connectivity index (χ1v) is 11.2. The molecule has 0 bridgehead atoms. The number of amides is 1. The van der Waals surface area contributed by atoms with Gasteiger partial charge in [0.1, 0.15) is 5.75 Å². The number of para-hydroxylation sites is 2. The summed E-state index contributed by atoms with van der Waals surface area (Å²) in [4.78, 5) is 29.1. The van der Waals surface area contributed by atoms with Crippen molar-refractivity contribution in [2.45, 2.75) is 26.3 Å². The molecule has 6 nitrogen and oxygen atoms in total. The quantitative estimate of drug-likeness (QED) is 0.463. The summed E-state index contributed by atoms with van der Waals surface area (Å²) >= 11 is 0. The van der Waals surface area contributed by atoms with E-state index in [9.17, 15) is 9.59 Å². The first kappa shape index (κ1) is 21.6. The predicted molar refractivity (Wildman–Crippen MR) is 134 cm³/mol. The molecular formula is C28H25N3O3. The van der Waals surface area contributed by atoms with Gasteiger partial charge in [-0.15, -0.1) is 0 Å². The van der Waals surface area contributed by atoms with Gasteiger partial charge in [0.15, 0.2) is 0 Å². The zero-order valence-electron chi connectivity index (χ0n) is 19.3. The third-order valence-electron chi connectivity index (χ3n) is 6.28. The van der Waals surface area contributed by atoms with Crippen molar-refractivity contribution in [3.05, 3.63) is 99.8 Å². The third-order valence-corrected chi connectivity index (χ3v) is 6.28. The molecule has 4 aromatic rings. The summed E-state index contributed by atoms with van der Waals surface area (Å²) in [5, 5.41) is 7.08. The third kappa shape index (κ3) is 3.67. The maximum Gasteiger partial charge on any atom is 0.258 e. The SMILES string of the molecule is COc1ccccc1[C@H]1CC(c2c(-c3ccc(C)cc3)c3ccccc3[nH]c2=O)=NN1C(C)=O. The number of aromatic nitrogens is 1. The van der Waals surface area contributed by atoms with Crippen molar-refractivity contribution in [2.24, 2.45) is 5.10 Å². The summed E-state index contributed by atoms with van der Waals surface area (Å²) in [6.45, 7) is 3.52. The Hall–Kier alpha value is -4.19. The second-order valence-corrected chi connectivity index (χ2v) is 8.49. The van der Waals surface area contributed by atoms with E-state index in [1.807, 2.05) is 79.7 Å². The van der Waals surface area contributed by atoms with E-state index in [2.05, 4.69) is 10.1 Å². The van der Waals surface area contributed by atoms with Gasteiger partial charge in [-0.05, 0) is 24.6 Å². The highest BCUT2D eigenvalue weighted by molar-refractivity contribution is 6.12. The average molecular weight is 452 g/mol. The van der Waals surface area contributed by atoms with Gasteiger partial charge >= 0.3 is 0 Å². The fourth-order valence-corrected chi connectivity index (χ4v) is 4.67. The maximum atomic E-state index is 13.5. The lowest BCUT2D eigenvalue weighted by Gasteiger charge is -2.22. The number of carbonyl (C=O) groups excluding carboxylic acids is 1. The van der Waals surface area contributed by atoms with Crippen LogP contribution in [0, 0.1) is 6.92 Å². The predicted octanol–water partition coefficient (Wildman–Crippen LogP) is 5.21. The average Bonchev–Trinajstić information content (AvgIpc) is 3.29. The normalized spacial score (nSPS) is 15.4. The van der Waals surface area contributed by atoms with Gasteiger partial charge in [0.25, 0.3) is 5.56 Å². The zero-order valence-corrected chi connectivity index (χ0v) is 19.3. The molecular weight excluding hydrogens is 426 g/mol. The fourth-order valence-electron chi connectivity index (χ4n) is 4.67. The summed E-state index contributed by atoms with van der Waals surface area (Å²) in [6.07, 6.45) is 0.403. The zero-order chi connectivity index (χ0) is 23.8. The first-order chi connectivity index (χ1) is 16.5. The number of hydrogen-bond acceptors (Lipinski definition) is 4. The van der Waals surface area contributed by atoms with Crippen molar-refractivity contribution in [2.75, 3.05) is 7.11 Å². The van der Waals surface area contributed by atoms with E-state index < -0.39 is 0 Å². The Kier molecular flexibility index (Phi) is 5.49. The highest BCUT2D eigenvalue weighted by atomic mass is 16.5. The molecule has 0 unspecified atom stereocenters. The molecule has 6 heteroatoms. The number of benzene rings is 3. The molecule has 1 aliphatic heterocycles. The van der Waals surface area contributed by atoms with Gasteiger partial charge < -0.3 is 9.72 Å². The number of ether oxygens (including phenoxy) is 1. The lowest BCUT2D eigenvalue weighted by molar-refractivity contribution is -0.130. The number of methoxy groups -OCH3 is 1. The number of aryl methyl sites for hydroxylation is 1. The second-order valence-electron chi connectivity index (χ2n) is 8.49. The van der Waals surface area contributed by atoms with Crippen LogP contribution < -0.4 is 10.3 Å². The highest BCUT2D eigenvalue weighted by Crippen LogP contribution is 2.39. The van der Waals surface area contributed by atoms with Crippen LogP contribution in [0.5, 0.6) is 5.75 Å². The molecule has 0 aliphatic carbocycles. The Morgan fingerprint density at radius 1 is 1.00 bits per heavy atom. The van der Waals surface area contributed by atoms with E-state index in [0.29, 0.717) is 23.4 Å². The standard InChI is InChI=1S/C28H25N3O3/c1-17-12-14-19(15-13-17)26-20-8-4-6-10-22(20)29-28(33)27(26)23-16-24(31(30-23)18(2)32)21-9-5-7-11-25(21)34-3/h4-15,24H,16H2,1-3H3,(H,29,33)/t24-/m1/s1. The Labute approximate surface area is 197 Å². The van der Waals surface area contributed by atoms with Crippen LogP contribution in [-0.2, 0) is 4.79 Å². The van der Waals surface area contributed by atoms with Crippen molar-refractivity contribution in [1.29, 1.82) is 0 Å². The van der Waals surface area contributed by atoms with Crippen LogP contribution in [0.2, 0.25) is 0 Å². The number of carbonyl (C=O) groups is 1.